The van der Waals surface area contributed by atoms with E-state index in [1.165, 1.54) is 24.9 Å². The first kappa shape index (κ1) is 27.9. The van der Waals surface area contributed by atoms with Crippen molar-refractivity contribution in [2.45, 2.75) is 32.9 Å². The van der Waals surface area contributed by atoms with Crippen LogP contribution in [0.2, 0.25) is 10.0 Å². The molecule has 2 amide bonds. The average molecular weight is 558 g/mol. The summed E-state index contributed by atoms with van der Waals surface area (Å²) in [7, 11) is -2.39. The molecule has 196 valence electrons. The van der Waals surface area contributed by atoms with Gasteiger partial charge in [-0.1, -0.05) is 36.2 Å². The van der Waals surface area contributed by atoms with Gasteiger partial charge < -0.3 is 19.7 Å². The highest BCUT2D eigenvalue weighted by molar-refractivity contribution is 7.92. The number of ether oxygens (including phenoxy) is 2. The Balaban J connectivity index is 2.00. The minimum atomic E-state index is -3.87. The van der Waals surface area contributed by atoms with Gasteiger partial charge >= 0.3 is 0 Å². The van der Waals surface area contributed by atoms with Crippen molar-refractivity contribution in [3.63, 3.8) is 0 Å². The number of nitrogens with one attached hydrogen (secondary N) is 1. The summed E-state index contributed by atoms with van der Waals surface area (Å²) in [6, 6.07) is 8.71. The largest absolute Gasteiger partial charge is 0.486 e. The predicted molar refractivity (Wildman–Crippen MR) is 139 cm³/mol. The van der Waals surface area contributed by atoms with Gasteiger partial charge in [-0.25, -0.2) is 8.42 Å². The molecule has 0 aromatic heterocycles. The molecule has 9 nitrogen and oxygen atoms in total. The Bertz CT molecular complexity index is 1220. The van der Waals surface area contributed by atoms with Crippen molar-refractivity contribution in [2.75, 3.05) is 36.9 Å². The lowest BCUT2D eigenvalue weighted by Crippen LogP contribution is -2.52. The van der Waals surface area contributed by atoms with Gasteiger partial charge in [0.05, 0.1) is 11.4 Å². The van der Waals surface area contributed by atoms with Crippen molar-refractivity contribution in [1.82, 2.24) is 10.2 Å². The fraction of sp³-hybridized carbons (Fsp3) is 0.417. The normalized spacial score (nSPS) is 13.6. The molecule has 2 aromatic carbocycles. The first-order chi connectivity index (χ1) is 17.1. The van der Waals surface area contributed by atoms with Gasteiger partial charge in [-0.15, -0.1) is 0 Å². The minimum absolute atomic E-state index is 0.0120. The Hall–Kier alpha value is -2.69. The van der Waals surface area contributed by atoms with Crippen LogP contribution in [0.15, 0.2) is 36.4 Å². The van der Waals surface area contributed by atoms with Crippen molar-refractivity contribution in [2.24, 2.45) is 0 Å². The highest BCUT2D eigenvalue weighted by Crippen LogP contribution is 2.35. The van der Waals surface area contributed by atoms with E-state index in [-0.39, 0.29) is 23.9 Å². The zero-order valence-corrected chi connectivity index (χ0v) is 22.6. The van der Waals surface area contributed by atoms with Crippen molar-refractivity contribution in [3.05, 3.63) is 52.0 Å². The number of sulfonamides is 1. The predicted octanol–water partition coefficient (Wildman–Crippen LogP) is 3.47. The average Bonchev–Trinajstić information content (AvgIpc) is 2.87. The Labute approximate surface area is 221 Å². The van der Waals surface area contributed by atoms with Gasteiger partial charge in [0.25, 0.3) is 0 Å². The number of carbonyl (C=O) groups excluding carboxylic acids is 2. The van der Waals surface area contributed by atoms with Crippen LogP contribution in [0, 0.1) is 0 Å². The molecule has 0 aliphatic carbocycles. The Morgan fingerprint density at radius 3 is 2.36 bits per heavy atom. The molecule has 36 heavy (non-hydrogen) atoms. The second-order valence-electron chi connectivity index (χ2n) is 8.03. The topological polar surface area (TPSA) is 105 Å². The third kappa shape index (κ3) is 6.35. The van der Waals surface area contributed by atoms with Crippen LogP contribution in [-0.4, -0.2) is 63.7 Å². The summed E-state index contributed by atoms with van der Waals surface area (Å²) in [6.07, 6.45) is 0.307. The molecule has 1 aliphatic rings. The molecule has 1 N–H and O–H groups in total. The molecule has 0 spiro atoms. The number of hydrogen-bond acceptors (Lipinski definition) is 6. The summed E-state index contributed by atoms with van der Waals surface area (Å²) in [6.45, 7) is 3.45. The number of amides is 2. The number of rotatable bonds is 10. The van der Waals surface area contributed by atoms with E-state index >= 15 is 0 Å². The number of fused-ring (bicyclic) bond motifs is 1. The molecule has 0 saturated heterocycles. The molecule has 1 aliphatic heterocycles. The molecule has 0 bridgehead atoms. The maximum Gasteiger partial charge on any atom is 0.244 e. The Morgan fingerprint density at radius 2 is 1.75 bits per heavy atom. The zero-order chi connectivity index (χ0) is 26.5. The van der Waals surface area contributed by atoms with Gasteiger partial charge in [0.1, 0.15) is 25.8 Å². The fourth-order valence-electron chi connectivity index (χ4n) is 3.83. The lowest BCUT2D eigenvalue weighted by atomic mass is 10.1. The first-order valence-corrected chi connectivity index (χ1v) is 13.8. The summed E-state index contributed by atoms with van der Waals surface area (Å²) < 4.78 is 38.3. The van der Waals surface area contributed by atoms with Crippen LogP contribution in [0.25, 0.3) is 0 Å². The van der Waals surface area contributed by atoms with Crippen LogP contribution in [-0.2, 0) is 26.2 Å². The Kier molecular flexibility index (Phi) is 9.32. The third-order valence-electron chi connectivity index (χ3n) is 5.78. The third-order valence-corrected chi connectivity index (χ3v) is 8.11. The van der Waals surface area contributed by atoms with Crippen LogP contribution >= 0.6 is 23.2 Å². The van der Waals surface area contributed by atoms with Gasteiger partial charge in [-0.3, -0.25) is 13.9 Å². The quantitative estimate of drug-likeness (QED) is 0.479. The lowest BCUT2D eigenvalue weighted by Gasteiger charge is -2.33. The Morgan fingerprint density at radius 1 is 1.06 bits per heavy atom. The minimum Gasteiger partial charge on any atom is -0.486 e. The second kappa shape index (κ2) is 12.0. The van der Waals surface area contributed by atoms with Gasteiger partial charge in [-0.05, 0) is 43.2 Å². The van der Waals surface area contributed by atoms with E-state index < -0.39 is 28.5 Å². The molecule has 1 atom stereocenters. The van der Waals surface area contributed by atoms with Crippen molar-refractivity contribution in [1.29, 1.82) is 0 Å². The lowest BCUT2D eigenvalue weighted by molar-refractivity contribution is -0.140. The first-order valence-electron chi connectivity index (χ1n) is 11.5. The summed E-state index contributed by atoms with van der Waals surface area (Å²) in [5.41, 5.74) is 0.827. The number of likely N-dealkylation sites (N-methyl/N-ethyl adjacent to an activating group) is 1. The monoisotopic (exact) mass is 557 g/mol. The number of benzene rings is 2. The van der Waals surface area contributed by atoms with Crippen LogP contribution in [0.1, 0.15) is 25.8 Å². The molecule has 0 saturated carbocycles. The summed E-state index contributed by atoms with van der Waals surface area (Å²) in [4.78, 5) is 27.7. The number of halogens is 2. The summed E-state index contributed by atoms with van der Waals surface area (Å²) in [5, 5.41) is 3.33. The molecule has 3 rings (SSSR count). The highest BCUT2D eigenvalue weighted by Gasteiger charge is 2.33. The molecule has 0 fully saturated rings. The maximum absolute atomic E-state index is 13.7. The summed E-state index contributed by atoms with van der Waals surface area (Å²) >= 11 is 12.4. The second-order valence-corrected chi connectivity index (χ2v) is 11.1. The molecule has 0 unspecified atom stereocenters. The van der Waals surface area contributed by atoms with E-state index in [0.717, 1.165) is 4.31 Å². The molecule has 12 heteroatoms. The SMILES string of the molecule is CC[C@@H](C(=O)NC)N(Cc1ccc(Cl)cc1Cl)C(=O)CN(c1ccc2c(c1)OCCO2)S(=O)(=O)CC. The standard InChI is InChI=1S/C24H29Cl2N3O6S/c1-4-20(24(31)27-3)28(14-16-6-7-17(25)12-19(16)26)23(30)15-29(36(32,33)5-2)18-8-9-21-22(13-18)35-11-10-34-21/h6-9,12-13,20H,4-5,10-11,14-15H2,1-3H3,(H,27,31)/t20-/m0/s1. The van der Waals surface area contributed by atoms with Gasteiger partial charge in [0, 0.05) is 29.7 Å². The van der Waals surface area contributed by atoms with Crippen LogP contribution in [0.5, 0.6) is 11.5 Å². The van der Waals surface area contributed by atoms with Crippen LogP contribution in [0.3, 0.4) is 0 Å². The van der Waals surface area contributed by atoms with E-state index in [0.29, 0.717) is 46.7 Å². The van der Waals surface area contributed by atoms with E-state index in [2.05, 4.69) is 5.32 Å². The zero-order valence-electron chi connectivity index (χ0n) is 20.3. The molecule has 2 aromatic rings. The maximum atomic E-state index is 13.7. The van der Waals surface area contributed by atoms with Crippen molar-refractivity contribution in [3.8, 4) is 11.5 Å². The number of hydrogen-bond donors (Lipinski definition) is 1. The van der Waals surface area contributed by atoms with Gasteiger partial charge in [-0.2, -0.15) is 0 Å². The van der Waals surface area contributed by atoms with Crippen molar-refractivity contribution < 1.29 is 27.5 Å². The molecule has 0 radical (unpaired) electrons. The number of carbonyl (C=O) groups is 2. The van der Waals surface area contributed by atoms with Gasteiger partial charge in [0.15, 0.2) is 11.5 Å². The van der Waals surface area contributed by atoms with E-state index in [4.69, 9.17) is 32.7 Å². The van der Waals surface area contributed by atoms with Crippen LogP contribution in [0.4, 0.5) is 5.69 Å². The smallest absolute Gasteiger partial charge is 0.244 e. The van der Waals surface area contributed by atoms with Gasteiger partial charge in [0.2, 0.25) is 21.8 Å². The van der Waals surface area contributed by atoms with Crippen molar-refractivity contribution >= 4 is 50.7 Å². The highest BCUT2D eigenvalue weighted by atomic mass is 35.5. The molecular formula is C24H29Cl2N3O6S. The number of anilines is 1. The van der Waals surface area contributed by atoms with E-state index in [9.17, 15) is 18.0 Å². The van der Waals surface area contributed by atoms with E-state index in [1.807, 2.05) is 0 Å². The summed E-state index contributed by atoms with van der Waals surface area (Å²) in [5.74, 6) is -0.285. The molecular weight excluding hydrogens is 529 g/mol. The molecule has 1 heterocycles. The van der Waals surface area contributed by atoms with Crippen LogP contribution < -0.4 is 19.1 Å². The van der Waals surface area contributed by atoms with E-state index in [1.54, 1.807) is 37.3 Å². The fourth-order valence-corrected chi connectivity index (χ4v) is 5.35. The number of nitrogens with zero attached hydrogens (tertiary/aromatic N) is 2.